The Labute approximate surface area is 180 Å². The number of hydrogen-bond donors (Lipinski definition) is 4. The standard InChI is InChI=1S/C22H40N4O4/c27-15-17-5-1-3-7-19(17)23-13-21(29)25-9-11-26(12-10-25)22(30)14-24-20-8-4-2-6-18(20)16-28/h17-20,23-24,27-28H,1-16H2/t17-,18-,19+,20+/m0/s1. The normalized spacial score (nSPS) is 30.3. The summed E-state index contributed by atoms with van der Waals surface area (Å²) in [5, 5.41) is 25.8. The molecule has 0 radical (unpaired) electrons. The molecule has 2 amide bonds. The SMILES string of the molecule is O=C(CN[C@@H]1CCCC[C@H]1CO)N1CCN(C(=O)CN[C@@H]2CCCC[C@H]2CO)CC1. The highest BCUT2D eigenvalue weighted by atomic mass is 16.3. The molecule has 0 spiro atoms. The lowest BCUT2D eigenvalue weighted by Gasteiger charge is -2.37. The summed E-state index contributed by atoms with van der Waals surface area (Å²) in [5.74, 6) is 0.664. The average Bonchev–Trinajstić information content (AvgIpc) is 2.81. The number of carbonyl (C=O) groups is 2. The second kappa shape index (κ2) is 12.0. The molecule has 3 fully saturated rings. The molecule has 0 aromatic carbocycles. The quantitative estimate of drug-likeness (QED) is 0.435. The molecule has 4 N–H and O–H groups in total. The van der Waals surface area contributed by atoms with Crippen LogP contribution in [-0.2, 0) is 9.59 Å². The van der Waals surface area contributed by atoms with Gasteiger partial charge in [0.25, 0.3) is 0 Å². The average molecular weight is 425 g/mol. The molecule has 30 heavy (non-hydrogen) atoms. The highest BCUT2D eigenvalue weighted by Gasteiger charge is 2.29. The van der Waals surface area contributed by atoms with Crippen LogP contribution in [0.25, 0.3) is 0 Å². The Bertz CT molecular complexity index is 505. The number of nitrogens with zero attached hydrogens (tertiary/aromatic N) is 2. The molecular formula is C22H40N4O4. The van der Waals surface area contributed by atoms with Crippen LogP contribution < -0.4 is 10.6 Å². The zero-order chi connectivity index (χ0) is 21.3. The van der Waals surface area contributed by atoms with Crippen molar-refractivity contribution in [1.29, 1.82) is 0 Å². The monoisotopic (exact) mass is 424 g/mol. The van der Waals surface area contributed by atoms with Gasteiger partial charge in [-0.2, -0.15) is 0 Å². The fraction of sp³-hybridized carbons (Fsp3) is 0.909. The molecule has 1 saturated heterocycles. The molecule has 0 aromatic heterocycles. The van der Waals surface area contributed by atoms with Crippen LogP contribution in [0.15, 0.2) is 0 Å². The van der Waals surface area contributed by atoms with Gasteiger partial charge in [0, 0.05) is 51.5 Å². The van der Waals surface area contributed by atoms with Gasteiger partial charge in [0.1, 0.15) is 0 Å². The van der Waals surface area contributed by atoms with Crippen molar-refractivity contribution in [3.8, 4) is 0 Å². The molecule has 0 unspecified atom stereocenters. The van der Waals surface area contributed by atoms with Gasteiger partial charge in [0.05, 0.1) is 13.1 Å². The Morgan fingerprint density at radius 2 is 1.03 bits per heavy atom. The van der Waals surface area contributed by atoms with Gasteiger partial charge in [0.15, 0.2) is 0 Å². The van der Waals surface area contributed by atoms with E-state index in [-0.39, 0.29) is 48.9 Å². The zero-order valence-electron chi connectivity index (χ0n) is 18.2. The van der Waals surface area contributed by atoms with E-state index < -0.39 is 0 Å². The first-order chi connectivity index (χ1) is 14.6. The second-order valence-corrected chi connectivity index (χ2v) is 9.19. The number of piperazine rings is 1. The van der Waals surface area contributed by atoms with E-state index in [0.717, 1.165) is 51.4 Å². The van der Waals surface area contributed by atoms with Crippen molar-refractivity contribution < 1.29 is 19.8 Å². The van der Waals surface area contributed by atoms with Gasteiger partial charge >= 0.3 is 0 Å². The van der Waals surface area contributed by atoms with E-state index in [1.165, 1.54) is 0 Å². The van der Waals surface area contributed by atoms with E-state index >= 15 is 0 Å². The second-order valence-electron chi connectivity index (χ2n) is 9.19. The lowest BCUT2D eigenvalue weighted by Crippen LogP contribution is -2.55. The van der Waals surface area contributed by atoms with Crippen molar-refractivity contribution in [3.63, 3.8) is 0 Å². The maximum Gasteiger partial charge on any atom is 0.236 e. The predicted molar refractivity (Wildman–Crippen MR) is 115 cm³/mol. The fourth-order valence-electron chi connectivity index (χ4n) is 5.26. The number of aliphatic hydroxyl groups is 2. The van der Waals surface area contributed by atoms with Crippen molar-refractivity contribution in [2.75, 3.05) is 52.5 Å². The van der Waals surface area contributed by atoms with Gasteiger partial charge < -0.3 is 30.6 Å². The zero-order valence-corrected chi connectivity index (χ0v) is 18.2. The number of rotatable bonds is 8. The van der Waals surface area contributed by atoms with Gasteiger partial charge in [-0.25, -0.2) is 0 Å². The van der Waals surface area contributed by atoms with Gasteiger partial charge in [-0.05, 0) is 37.5 Å². The highest BCUT2D eigenvalue weighted by molar-refractivity contribution is 5.80. The molecule has 0 aromatic rings. The van der Waals surface area contributed by atoms with Crippen LogP contribution >= 0.6 is 0 Å². The topological polar surface area (TPSA) is 105 Å². The van der Waals surface area contributed by atoms with Gasteiger partial charge in [0.2, 0.25) is 11.8 Å². The Morgan fingerprint density at radius 3 is 1.40 bits per heavy atom. The van der Waals surface area contributed by atoms with Crippen LogP contribution in [0.3, 0.4) is 0 Å². The van der Waals surface area contributed by atoms with Crippen LogP contribution in [0.4, 0.5) is 0 Å². The Kier molecular flexibility index (Phi) is 9.36. The van der Waals surface area contributed by atoms with Crippen LogP contribution in [0.2, 0.25) is 0 Å². The third-order valence-corrected chi connectivity index (χ3v) is 7.30. The van der Waals surface area contributed by atoms with Crippen molar-refractivity contribution in [2.45, 2.75) is 63.5 Å². The predicted octanol–water partition coefficient (Wildman–Crippen LogP) is -0.0614. The van der Waals surface area contributed by atoms with E-state index in [0.29, 0.717) is 39.3 Å². The molecular weight excluding hydrogens is 384 g/mol. The molecule has 8 heteroatoms. The van der Waals surface area contributed by atoms with Gasteiger partial charge in [-0.3, -0.25) is 9.59 Å². The Morgan fingerprint density at radius 1 is 0.667 bits per heavy atom. The van der Waals surface area contributed by atoms with Crippen LogP contribution in [-0.4, -0.2) is 96.4 Å². The first-order valence-corrected chi connectivity index (χ1v) is 11.9. The molecule has 2 aliphatic carbocycles. The summed E-state index contributed by atoms with van der Waals surface area (Å²) < 4.78 is 0. The van der Waals surface area contributed by atoms with E-state index in [9.17, 15) is 19.8 Å². The van der Waals surface area contributed by atoms with Crippen molar-refractivity contribution >= 4 is 11.8 Å². The maximum absolute atomic E-state index is 12.6. The molecule has 0 bridgehead atoms. The minimum atomic E-state index is 0.0791. The summed E-state index contributed by atoms with van der Waals surface area (Å²) in [7, 11) is 0. The minimum absolute atomic E-state index is 0.0791. The Balaban J connectivity index is 1.35. The molecule has 3 aliphatic rings. The third-order valence-electron chi connectivity index (χ3n) is 7.30. The van der Waals surface area contributed by atoms with Gasteiger partial charge in [-0.15, -0.1) is 0 Å². The van der Waals surface area contributed by atoms with E-state index in [2.05, 4.69) is 10.6 Å². The summed E-state index contributed by atoms with van der Waals surface area (Å²) in [6.07, 6.45) is 8.70. The fourth-order valence-corrected chi connectivity index (χ4v) is 5.26. The number of nitrogens with one attached hydrogen (secondary N) is 2. The van der Waals surface area contributed by atoms with Crippen molar-refractivity contribution in [1.82, 2.24) is 20.4 Å². The molecule has 172 valence electrons. The van der Waals surface area contributed by atoms with Crippen LogP contribution in [0.1, 0.15) is 51.4 Å². The smallest absolute Gasteiger partial charge is 0.236 e. The minimum Gasteiger partial charge on any atom is -0.396 e. The van der Waals surface area contributed by atoms with E-state index in [1.807, 2.05) is 9.80 Å². The summed E-state index contributed by atoms with van der Waals surface area (Å²) >= 11 is 0. The highest BCUT2D eigenvalue weighted by Crippen LogP contribution is 2.24. The summed E-state index contributed by atoms with van der Waals surface area (Å²) in [4.78, 5) is 28.8. The summed E-state index contributed by atoms with van der Waals surface area (Å²) in [5.41, 5.74) is 0. The first-order valence-electron chi connectivity index (χ1n) is 11.9. The molecule has 1 heterocycles. The third kappa shape index (κ3) is 6.39. The first kappa shape index (κ1) is 23.4. The van der Waals surface area contributed by atoms with Crippen LogP contribution in [0.5, 0.6) is 0 Å². The van der Waals surface area contributed by atoms with Crippen molar-refractivity contribution in [3.05, 3.63) is 0 Å². The largest absolute Gasteiger partial charge is 0.396 e. The van der Waals surface area contributed by atoms with Crippen molar-refractivity contribution in [2.24, 2.45) is 11.8 Å². The van der Waals surface area contributed by atoms with Gasteiger partial charge in [-0.1, -0.05) is 25.7 Å². The molecule has 2 saturated carbocycles. The lowest BCUT2D eigenvalue weighted by molar-refractivity contribution is -0.138. The summed E-state index contributed by atoms with van der Waals surface area (Å²) in [6.45, 7) is 3.27. The molecule has 1 aliphatic heterocycles. The number of carbonyl (C=O) groups excluding carboxylic acids is 2. The van der Waals surface area contributed by atoms with E-state index in [4.69, 9.17) is 0 Å². The number of hydrogen-bond acceptors (Lipinski definition) is 6. The maximum atomic E-state index is 12.6. The molecule has 8 nitrogen and oxygen atoms in total. The molecule has 4 atom stereocenters. The lowest BCUT2D eigenvalue weighted by atomic mass is 9.85. The van der Waals surface area contributed by atoms with E-state index in [1.54, 1.807) is 0 Å². The molecule has 3 rings (SSSR count). The summed E-state index contributed by atoms with van der Waals surface area (Å²) in [6, 6.07) is 0.452. The number of amides is 2. The Hall–Kier alpha value is -1.22. The number of aliphatic hydroxyl groups excluding tert-OH is 2. The van der Waals surface area contributed by atoms with Crippen LogP contribution in [0, 0.1) is 11.8 Å².